The van der Waals surface area contributed by atoms with E-state index in [0.29, 0.717) is 27.6 Å². The van der Waals surface area contributed by atoms with Gasteiger partial charge in [0, 0.05) is 28.0 Å². The van der Waals surface area contributed by atoms with E-state index in [9.17, 15) is 9.59 Å². The highest BCUT2D eigenvalue weighted by Gasteiger charge is 2.35. The zero-order chi connectivity index (χ0) is 21.3. The molecule has 1 aliphatic rings. The molecule has 0 saturated heterocycles. The molecule has 2 aromatic carbocycles. The number of carbonyl (C=O) groups excluding carboxylic acids is 2. The first kappa shape index (κ1) is 19.7. The van der Waals surface area contributed by atoms with Gasteiger partial charge in [-0.1, -0.05) is 41.9 Å². The predicted molar refractivity (Wildman–Crippen MR) is 113 cm³/mol. The minimum absolute atomic E-state index is 0.319. The number of carbonyl (C=O) groups is 2. The van der Waals surface area contributed by atoms with Crippen molar-refractivity contribution in [2.24, 2.45) is 0 Å². The standard InChI is InChI=1S/C22H19ClN4O3/c1-13-18(21(28)30-2)20(25-22(29)24-13)17-12-27(16-6-4-3-5-7-16)26-19(17)14-8-10-15(23)11-9-14/h3-12,20H,1-2H3,(H2,24,25,29)/t20-/m0/s1. The molecule has 0 aliphatic carbocycles. The van der Waals surface area contributed by atoms with Gasteiger partial charge in [0.05, 0.1) is 30.1 Å². The highest BCUT2D eigenvalue weighted by molar-refractivity contribution is 6.30. The summed E-state index contributed by atoms with van der Waals surface area (Å²) >= 11 is 6.05. The van der Waals surface area contributed by atoms with E-state index in [1.54, 1.807) is 23.7 Å². The first-order valence-electron chi connectivity index (χ1n) is 9.25. The molecule has 152 valence electrons. The molecule has 3 aromatic rings. The van der Waals surface area contributed by atoms with E-state index in [1.807, 2.05) is 48.7 Å². The maximum absolute atomic E-state index is 12.5. The first-order valence-corrected chi connectivity index (χ1v) is 9.63. The molecule has 0 unspecified atom stereocenters. The van der Waals surface area contributed by atoms with Crippen LogP contribution in [-0.4, -0.2) is 28.9 Å². The molecule has 0 saturated carbocycles. The van der Waals surface area contributed by atoms with Gasteiger partial charge in [-0.3, -0.25) is 0 Å². The normalized spacial score (nSPS) is 16.1. The Bertz CT molecular complexity index is 1140. The largest absolute Gasteiger partial charge is 0.466 e. The average Bonchev–Trinajstić information content (AvgIpc) is 3.19. The number of amides is 2. The summed E-state index contributed by atoms with van der Waals surface area (Å²) in [5.74, 6) is -0.528. The number of allylic oxidation sites excluding steroid dienone is 1. The summed E-state index contributed by atoms with van der Waals surface area (Å²) in [4.78, 5) is 24.8. The molecular formula is C22H19ClN4O3. The molecule has 0 bridgehead atoms. The zero-order valence-corrected chi connectivity index (χ0v) is 17.1. The number of aromatic nitrogens is 2. The third-order valence-corrected chi connectivity index (χ3v) is 5.12. The summed E-state index contributed by atoms with van der Waals surface area (Å²) in [5, 5.41) is 10.8. The van der Waals surface area contributed by atoms with Crippen LogP contribution in [0.1, 0.15) is 18.5 Å². The molecule has 8 heteroatoms. The van der Waals surface area contributed by atoms with E-state index in [4.69, 9.17) is 21.4 Å². The van der Waals surface area contributed by atoms with Crippen LogP contribution in [0.5, 0.6) is 0 Å². The maximum Gasteiger partial charge on any atom is 0.337 e. The van der Waals surface area contributed by atoms with Crippen LogP contribution < -0.4 is 10.6 Å². The fourth-order valence-corrected chi connectivity index (χ4v) is 3.58. The van der Waals surface area contributed by atoms with Gasteiger partial charge in [0.2, 0.25) is 0 Å². The number of hydrogen-bond donors (Lipinski definition) is 2. The van der Waals surface area contributed by atoms with Crippen LogP contribution in [0.3, 0.4) is 0 Å². The van der Waals surface area contributed by atoms with Crippen LogP contribution in [-0.2, 0) is 9.53 Å². The lowest BCUT2D eigenvalue weighted by Gasteiger charge is -2.27. The van der Waals surface area contributed by atoms with Crippen molar-refractivity contribution >= 4 is 23.6 Å². The fraction of sp³-hybridized carbons (Fsp3) is 0.136. The van der Waals surface area contributed by atoms with E-state index < -0.39 is 18.0 Å². The molecule has 1 aliphatic heterocycles. The number of methoxy groups -OCH3 is 1. The van der Waals surface area contributed by atoms with Gasteiger partial charge in [0.25, 0.3) is 0 Å². The smallest absolute Gasteiger partial charge is 0.337 e. The van der Waals surface area contributed by atoms with Gasteiger partial charge in [-0.15, -0.1) is 0 Å². The lowest BCUT2D eigenvalue weighted by atomic mass is 9.94. The monoisotopic (exact) mass is 422 g/mol. The molecule has 0 spiro atoms. The summed E-state index contributed by atoms with van der Waals surface area (Å²) in [6.45, 7) is 1.67. The van der Waals surface area contributed by atoms with Crippen molar-refractivity contribution < 1.29 is 14.3 Å². The van der Waals surface area contributed by atoms with E-state index in [0.717, 1.165) is 11.3 Å². The van der Waals surface area contributed by atoms with E-state index in [-0.39, 0.29) is 0 Å². The number of hydrogen-bond acceptors (Lipinski definition) is 4. The van der Waals surface area contributed by atoms with Crippen molar-refractivity contribution in [2.75, 3.05) is 7.11 Å². The Balaban J connectivity index is 1.92. The SMILES string of the molecule is COC(=O)C1=C(C)NC(=O)N[C@H]1c1cn(-c2ccccc2)nc1-c1ccc(Cl)cc1. The minimum Gasteiger partial charge on any atom is -0.466 e. The van der Waals surface area contributed by atoms with Crippen molar-refractivity contribution in [3.63, 3.8) is 0 Å². The van der Waals surface area contributed by atoms with Gasteiger partial charge in [0.15, 0.2) is 0 Å². The summed E-state index contributed by atoms with van der Waals surface area (Å²) < 4.78 is 6.69. The van der Waals surface area contributed by atoms with Crippen molar-refractivity contribution in [1.29, 1.82) is 0 Å². The topological polar surface area (TPSA) is 85.2 Å². The summed E-state index contributed by atoms with van der Waals surface area (Å²) in [5.41, 5.74) is 3.69. The van der Waals surface area contributed by atoms with Crippen LogP contribution in [0.25, 0.3) is 16.9 Å². The summed E-state index contributed by atoms with van der Waals surface area (Å²) in [7, 11) is 1.31. The van der Waals surface area contributed by atoms with Gasteiger partial charge in [-0.2, -0.15) is 5.10 Å². The number of ether oxygens (including phenoxy) is 1. The number of nitrogens with zero attached hydrogens (tertiary/aromatic N) is 2. The molecule has 1 atom stereocenters. The van der Waals surface area contributed by atoms with Crippen LogP contribution >= 0.6 is 11.6 Å². The van der Waals surface area contributed by atoms with Gasteiger partial charge in [0.1, 0.15) is 0 Å². The molecule has 1 aromatic heterocycles. The number of rotatable bonds is 4. The minimum atomic E-state index is -0.727. The number of halogens is 1. The second kappa shape index (κ2) is 8.04. The summed E-state index contributed by atoms with van der Waals surface area (Å²) in [6.07, 6.45) is 1.81. The lowest BCUT2D eigenvalue weighted by molar-refractivity contribution is -0.136. The Kier molecular flexibility index (Phi) is 5.29. The Morgan fingerprint density at radius 2 is 1.83 bits per heavy atom. The van der Waals surface area contributed by atoms with Crippen LogP contribution in [0.4, 0.5) is 4.79 Å². The van der Waals surface area contributed by atoms with E-state index in [1.165, 1.54) is 7.11 Å². The Morgan fingerprint density at radius 3 is 2.50 bits per heavy atom. The fourth-order valence-electron chi connectivity index (χ4n) is 3.45. The zero-order valence-electron chi connectivity index (χ0n) is 16.3. The number of urea groups is 1. The van der Waals surface area contributed by atoms with Gasteiger partial charge < -0.3 is 15.4 Å². The van der Waals surface area contributed by atoms with Gasteiger partial charge >= 0.3 is 12.0 Å². The molecule has 2 amide bonds. The quantitative estimate of drug-likeness (QED) is 0.622. The molecule has 0 radical (unpaired) electrons. The molecule has 7 nitrogen and oxygen atoms in total. The Morgan fingerprint density at radius 1 is 1.13 bits per heavy atom. The molecule has 0 fully saturated rings. The third kappa shape index (κ3) is 3.67. The number of para-hydroxylation sites is 1. The highest BCUT2D eigenvalue weighted by Crippen LogP contribution is 2.35. The lowest BCUT2D eigenvalue weighted by Crippen LogP contribution is -2.45. The van der Waals surface area contributed by atoms with E-state index >= 15 is 0 Å². The Labute approximate surface area is 178 Å². The van der Waals surface area contributed by atoms with Crippen molar-refractivity contribution in [3.8, 4) is 16.9 Å². The second-order valence-electron chi connectivity index (χ2n) is 6.78. The number of benzene rings is 2. The maximum atomic E-state index is 12.5. The second-order valence-corrected chi connectivity index (χ2v) is 7.22. The van der Waals surface area contributed by atoms with Gasteiger partial charge in [-0.05, 0) is 31.2 Å². The molecule has 4 rings (SSSR count). The van der Waals surface area contributed by atoms with Crippen LogP contribution in [0.2, 0.25) is 5.02 Å². The highest BCUT2D eigenvalue weighted by atomic mass is 35.5. The predicted octanol–water partition coefficient (Wildman–Crippen LogP) is 3.99. The summed E-state index contributed by atoms with van der Waals surface area (Å²) in [6, 6.07) is 15.7. The van der Waals surface area contributed by atoms with Crippen molar-refractivity contribution in [2.45, 2.75) is 13.0 Å². The Hall–Kier alpha value is -3.58. The van der Waals surface area contributed by atoms with Crippen molar-refractivity contribution in [1.82, 2.24) is 20.4 Å². The molecule has 2 N–H and O–H groups in total. The molecule has 30 heavy (non-hydrogen) atoms. The third-order valence-electron chi connectivity index (χ3n) is 4.87. The molecule has 2 heterocycles. The molecular weight excluding hydrogens is 404 g/mol. The van der Waals surface area contributed by atoms with Crippen molar-refractivity contribution in [3.05, 3.63) is 82.7 Å². The van der Waals surface area contributed by atoms with Gasteiger partial charge in [-0.25, -0.2) is 14.3 Å². The number of nitrogens with one attached hydrogen (secondary N) is 2. The first-order chi connectivity index (χ1) is 14.5. The van der Waals surface area contributed by atoms with Crippen LogP contribution in [0.15, 0.2) is 72.1 Å². The van der Waals surface area contributed by atoms with Crippen LogP contribution in [0, 0.1) is 0 Å². The number of esters is 1. The average molecular weight is 423 g/mol. The van der Waals surface area contributed by atoms with E-state index in [2.05, 4.69) is 10.6 Å².